The van der Waals surface area contributed by atoms with Crippen LogP contribution in [-0.2, 0) is 17.9 Å². The van der Waals surface area contributed by atoms with E-state index in [1.165, 1.54) is 35.7 Å². The van der Waals surface area contributed by atoms with Crippen molar-refractivity contribution in [2.45, 2.75) is 36.9 Å². The first-order chi connectivity index (χ1) is 17.2. The highest BCUT2D eigenvalue weighted by Gasteiger charge is 2.21. The topological polar surface area (TPSA) is 49.6 Å². The van der Waals surface area contributed by atoms with Gasteiger partial charge in [-0.05, 0) is 66.7 Å². The molecule has 4 heterocycles. The molecule has 2 aromatic heterocycles. The van der Waals surface area contributed by atoms with E-state index in [1.54, 1.807) is 0 Å². The number of carbonyl (C=O) groups is 1. The fraction of sp³-hybridized carbons (Fsp3) is 0.241. The number of aromatic nitrogens is 2. The molecule has 1 N–H and O–H groups in total. The molecule has 0 unspecified atom stereocenters. The van der Waals surface area contributed by atoms with E-state index < -0.39 is 0 Å². The summed E-state index contributed by atoms with van der Waals surface area (Å²) in [5, 5.41) is 4.09. The number of carbonyl (C=O) groups excluding carboxylic acids is 1. The van der Waals surface area contributed by atoms with E-state index in [1.807, 2.05) is 30.5 Å². The molecule has 0 spiro atoms. The van der Waals surface area contributed by atoms with Crippen LogP contribution in [-0.4, -0.2) is 33.3 Å². The van der Waals surface area contributed by atoms with E-state index in [4.69, 9.17) is 0 Å². The molecule has 1 saturated heterocycles. The summed E-state index contributed by atoms with van der Waals surface area (Å²) in [6, 6.07) is 25.5. The number of nitrogens with one attached hydrogen (secondary N) is 1. The molecule has 2 aliphatic heterocycles. The molecular formula is C29H28N4OS. The van der Waals surface area contributed by atoms with Crippen LogP contribution in [0.5, 0.6) is 0 Å². The minimum atomic E-state index is -0.0511. The summed E-state index contributed by atoms with van der Waals surface area (Å²) in [5.74, 6) is 0.633. The molecule has 5 nitrogen and oxygen atoms in total. The van der Waals surface area contributed by atoms with E-state index in [-0.39, 0.29) is 5.91 Å². The molecular weight excluding hydrogens is 452 g/mol. The molecule has 0 radical (unpaired) electrons. The van der Waals surface area contributed by atoms with Crippen LogP contribution < -0.4 is 5.32 Å². The summed E-state index contributed by atoms with van der Waals surface area (Å²) in [6.45, 7) is 3.77. The van der Waals surface area contributed by atoms with E-state index in [0.29, 0.717) is 17.4 Å². The Hall–Kier alpha value is -3.35. The maximum Gasteiger partial charge on any atom is 0.258 e. The van der Waals surface area contributed by atoms with Gasteiger partial charge in [0.1, 0.15) is 5.65 Å². The molecule has 6 rings (SSSR count). The van der Waals surface area contributed by atoms with E-state index in [0.717, 1.165) is 41.6 Å². The summed E-state index contributed by atoms with van der Waals surface area (Å²) >= 11 is 1.48. The molecule has 4 aromatic rings. The lowest BCUT2D eigenvalue weighted by molar-refractivity contribution is -0.116. The van der Waals surface area contributed by atoms with Gasteiger partial charge in [0.15, 0.2) is 0 Å². The maximum atomic E-state index is 12.8. The van der Waals surface area contributed by atoms with Gasteiger partial charge in [0.05, 0.1) is 21.8 Å². The van der Waals surface area contributed by atoms with Crippen LogP contribution in [0.3, 0.4) is 0 Å². The van der Waals surface area contributed by atoms with Crippen LogP contribution in [0.1, 0.15) is 41.1 Å². The van der Waals surface area contributed by atoms with E-state index >= 15 is 0 Å². The number of nitrogens with zero attached hydrogens (tertiary/aromatic N) is 3. The van der Waals surface area contributed by atoms with E-state index in [9.17, 15) is 4.79 Å². The van der Waals surface area contributed by atoms with Crippen molar-refractivity contribution in [2.24, 2.45) is 0 Å². The van der Waals surface area contributed by atoms with Crippen molar-refractivity contribution >= 4 is 29.4 Å². The molecule has 0 saturated carbocycles. The van der Waals surface area contributed by atoms with Crippen LogP contribution in [0.2, 0.25) is 0 Å². The zero-order valence-corrected chi connectivity index (χ0v) is 20.4. The summed E-state index contributed by atoms with van der Waals surface area (Å²) in [7, 11) is 0. The third kappa shape index (κ3) is 4.77. The molecule has 0 bridgehead atoms. The Morgan fingerprint density at radius 1 is 0.943 bits per heavy atom. The second-order valence-corrected chi connectivity index (χ2v) is 10.4. The predicted molar refractivity (Wildman–Crippen MR) is 141 cm³/mol. The van der Waals surface area contributed by atoms with Gasteiger partial charge in [-0.1, -0.05) is 72.4 Å². The number of imidazole rings is 1. The van der Waals surface area contributed by atoms with Gasteiger partial charge in [-0.3, -0.25) is 14.1 Å². The number of hydrogen-bond donors (Lipinski definition) is 1. The zero-order valence-electron chi connectivity index (χ0n) is 19.6. The number of benzene rings is 2. The second kappa shape index (κ2) is 9.72. The molecule has 0 aliphatic carbocycles. The fourth-order valence-electron chi connectivity index (χ4n) is 5.04. The van der Waals surface area contributed by atoms with Gasteiger partial charge in [0, 0.05) is 13.1 Å². The van der Waals surface area contributed by atoms with Gasteiger partial charge in [-0.25, -0.2) is 4.98 Å². The molecule has 35 heavy (non-hydrogen) atoms. The van der Waals surface area contributed by atoms with Crippen LogP contribution >= 0.6 is 11.8 Å². The number of rotatable bonds is 6. The Morgan fingerprint density at radius 2 is 1.71 bits per heavy atom. The maximum absolute atomic E-state index is 12.8. The molecule has 2 aliphatic rings. The third-order valence-electron chi connectivity index (χ3n) is 6.98. The number of likely N-dealkylation sites (tertiary alicyclic amines) is 1. The lowest BCUT2D eigenvalue weighted by atomic mass is 9.89. The van der Waals surface area contributed by atoms with E-state index in [2.05, 4.69) is 74.2 Å². The number of pyridine rings is 1. The highest BCUT2D eigenvalue weighted by atomic mass is 32.2. The van der Waals surface area contributed by atoms with Crippen molar-refractivity contribution in [3.63, 3.8) is 0 Å². The number of thioether (sulfide) groups is 1. The average Bonchev–Trinajstić information content (AvgIpc) is 3.33. The van der Waals surface area contributed by atoms with Gasteiger partial charge >= 0.3 is 0 Å². The summed E-state index contributed by atoms with van der Waals surface area (Å²) in [4.78, 5) is 20.5. The Labute approximate surface area is 209 Å². The lowest BCUT2D eigenvalue weighted by Gasteiger charge is -2.32. The first-order valence-corrected chi connectivity index (χ1v) is 13.0. The number of hydrogen-bond acceptors (Lipinski definition) is 4. The second-order valence-electron chi connectivity index (χ2n) is 9.31. The highest BCUT2D eigenvalue weighted by molar-refractivity contribution is 8.04. The quantitative estimate of drug-likeness (QED) is 0.397. The Bertz CT molecular complexity index is 1370. The fourth-order valence-corrected chi connectivity index (χ4v) is 6.05. The summed E-state index contributed by atoms with van der Waals surface area (Å²) in [6.07, 6.45) is 6.17. The number of amides is 1. The number of piperidine rings is 1. The smallest absolute Gasteiger partial charge is 0.258 e. The minimum absolute atomic E-state index is 0.0511. The molecule has 176 valence electrons. The van der Waals surface area contributed by atoms with Crippen LogP contribution in [0.15, 0.2) is 88.9 Å². The Morgan fingerprint density at radius 3 is 2.51 bits per heavy atom. The van der Waals surface area contributed by atoms with Gasteiger partial charge in [-0.2, -0.15) is 0 Å². The molecule has 0 atom stereocenters. The van der Waals surface area contributed by atoms with Gasteiger partial charge < -0.3 is 5.32 Å². The summed E-state index contributed by atoms with van der Waals surface area (Å²) in [5.41, 5.74) is 5.75. The molecule has 6 heteroatoms. The van der Waals surface area contributed by atoms with Crippen molar-refractivity contribution in [3.05, 3.63) is 106 Å². The first kappa shape index (κ1) is 22.1. The molecule has 1 fully saturated rings. The van der Waals surface area contributed by atoms with Gasteiger partial charge in [0.25, 0.3) is 5.91 Å². The van der Waals surface area contributed by atoms with Gasteiger partial charge in [0.2, 0.25) is 0 Å². The summed E-state index contributed by atoms with van der Waals surface area (Å²) < 4.78 is 2.07. The van der Waals surface area contributed by atoms with Crippen LogP contribution in [0.25, 0.3) is 11.7 Å². The van der Waals surface area contributed by atoms with Crippen molar-refractivity contribution in [3.8, 4) is 0 Å². The molecule has 2 aromatic carbocycles. The highest BCUT2D eigenvalue weighted by Crippen LogP contribution is 2.34. The monoisotopic (exact) mass is 480 g/mol. The van der Waals surface area contributed by atoms with Crippen molar-refractivity contribution in [2.75, 3.05) is 13.1 Å². The predicted octanol–water partition coefficient (Wildman–Crippen LogP) is 5.48. The van der Waals surface area contributed by atoms with Crippen LogP contribution in [0, 0.1) is 0 Å². The van der Waals surface area contributed by atoms with Crippen molar-refractivity contribution < 1.29 is 4.79 Å². The Balaban J connectivity index is 1.01. The largest absolute Gasteiger partial charge is 0.348 e. The van der Waals surface area contributed by atoms with Crippen molar-refractivity contribution in [1.82, 2.24) is 19.6 Å². The Kier molecular flexibility index (Phi) is 6.15. The zero-order chi connectivity index (χ0) is 23.6. The van der Waals surface area contributed by atoms with Gasteiger partial charge in [-0.15, -0.1) is 0 Å². The van der Waals surface area contributed by atoms with Crippen molar-refractivity contribution in [1.29, 1.82) is 0 Å². The van der Waals surface area contributed by atoms with Crippen LogP contribution in [0.4, 0.5) is 0 Å². The minimum Gasteiger partial charge on any atom is -0.348 e. The average molecular weight is 481 g/mol. The standard InChI is InChI=1S/C29H28N4OS/c34-29(26-17-25-19-30-27-7-4-8-28(35-26)33(25)27)31-18-21-9-11-22(12-10-21)20-32-15-13-24(14-16-32)23-5-2-1-3-6-23/h1-12,17,19,24H,13-16,18,20H2,(H,31,34). The normalized spacial score (nSPS) is 16.3. The first-order valence-electron chi connectivity index (χ1n) is 12.2. The SMILES string of the molecule is O=C(NCc1ccc(CN2CCC(c3ccccc3)CC2)cc1)C1=Cc2cnc3cccc(n23)S1. The molecule has 1 amide bonds. The lowest BCUT2D eigenvalue weighted by Crippen LogP contribution is -2.32. The third-order valence-corrected chi connectivity index (χ3v) is 8.03.